The molecule has 4 heterocycles. The van der Waals surface area contributed by atoms with E-state index in [1.807, 2.05) is 10.9 Å². The first-order chi connectivity index (χ1) is 15.5. The largest absolute Gasteiger partial charge is 0.662 e. The van der Waals surface area contributed by atoms with Crippen LogP contribution in [-0.4, -0.2) is 57.4 Å². The van der Waals surface area contributed by atoms with Gasteiger partial charge in [0, 0.05) is 56.9 Å². The molecule has 0 aliphatic carbocycles. The van der Waals surface area contributed by atoms with E-state index in [0.717, 1.165) is 36.4 Å². The third-order valence-electron chi connectivity index (χ3n) is 6.22. The monoisotopic (exact) mass is 622 g/mol. The fourth-order valence-electron chi connectivity index (χ4n) is 4.53. The van der Waals surface area contributed by atoms with Gasteiger partial charge in [-0.1, -0.05) is 6.07 Å². The minimum atomic E-state index is -0.978. The number of piperidine rings is 2. The normalized spacial score (nSPS) is 21.0. The number of fused-ring (bicyclic) bond motifs is 1. The summed E-state index contributed by atoms with van der Waals surface area (Å²) < 4.78 is 1.97. The smallest absolute Gasteiger partial charge is 0.264 e. The Morgan fingerprint density at radius 3 is 2.64 bits per heavy atom. The number of amides is 4. The van der Waals surface area contributed by atoms with E-state index in [0.29, 0.717) is 18.3 Å². The SMILES string of the molecule is O=C1CCC(N2C(=O)c3cccc(NCc4cnn(C5CC[N-]CC5)c4)c3C2=O)C(=O)N1.[Re]. The van der Waals surface area contributed by atoms with Crippen molar-refractivity contribution in [1.29, 1.82) is 0 Å². The van der Waals surface area contributed by atoms with E-state index in [-0.39, 0.29) is 44.4 Å². The Bertz CT molecular complexity index is 1110. The molecule has 11 heteroatoms. The average Bonchev–Trinajstić information content (AvgIpc) is 3.37. The van der Waals surface area contributed by atoms with Crippen molar-refractivity contribution in [3.05, 3.63) is 52.6 Å². The van der Waals surface area contributed by atoms with Crippen molar-refractivity contribution in [3.63, 3.8) is 0 Å². The minimum Gasteiger partial charge on any atom is -0.662 e. The van der Waals surface area contributed by atoms with Gasteiger partial charge in [0.15, 0.2) is 0 Å². The number of anilines is 1. The van der Waals surface area contributed by atoms with Crippen molar-refractivity contribution >= 4 is 29.3 Å². The summed E-state index contributed by atoms with van der Waals surface area (Å²) in [5, 5.41) is 14.3. The van der Waals surface area contributed by atoms with Crippen molar-refractivity contribution in [2.24, 2.45) is 0 Å². The molecule has 2 saturated heterocycles. The third kappa shape index (κ3) is 4.36. The summed E-state index contributed by atoms with van der Waals surface area (Å²) in [5.74, 6) is -2.05. The fraction of sp³-hybridized carbons (Fsp3) is 0.409. The van der Waals surface area contributed by atoms with Crippen LogP contribution in [-0.2, 0) is 36.6 Å². The quantitative estimate of drug-likeness (QED) is 0.489. The Kier molecular flexibility index (Phi) is 6.74. The van der Waals surface area contributed by atoms with Gasteiger partial charge in [0.05, 0.1) is 17.3 Å². The molecule has 0 bridgehead atoms. The Morgan fingerprint density at radius 1 is 1.09 bits per heavy atom. The Hall–Kier alpha value is -2.87. The minimum absolute atomic E-state index is 0. The molecule has 1 radical (unpaired) electrons. The Morgan fingerprint density at radius 2 is 1.88 bits per heavy atom. The molecule has 10 nitrogen and oxygen atoms in total. The van der Waals surface area contributed by atoms with Gasteiger partial charge in [0.2, 0.25) is 11.8 Å². The van der Waals surface area contributed by atoms with Crippen LogP contribution < -0.4 is 10.6 Å². The number of rotatable bonds is 5. The molecular weight excluding hydrogens is 598 g/mol. The average molecular weight is 622 g/mol. The number of hydrogen-bond acceptors (Lipinski definition) is 6. The van der Waals surface area contributed by atoms with Crippen LogP contribution in [0.25, 0.3) is 5.32 Å². The summed E-state index contributed by atoms with van der Waals surface area (Å²) in [7, 11) is 0. The second-order valence-corrected chi connectivity index (χ2v) is 8.26. The summed E-state index contributed by atoms with van der Waals surface area (Å²) in [6.07, 6.45) is 5.97. The molecule has 173 valence electrons. The van der Waals surface area contributed by atoms with Gasteiger partial charge in [-0.25, -0.2) is 0 Å². The molecule has 1 unspecified atom stereocenters. The summed E-state index contributed by atoms with van der Waals surface area (Å²) in [6, 6.07) is 4.40. The van der Waals surface area contributed by atoms with E-state index in [1.165, 1.54) is 0 Å². The number of imide groups is 2. The summed E-state index contributed by atoms with van der Waals surface area (Å²) >= 11 is 0. The van der Waals surface area contributed by atoms with Crippen LogP contribution in [0.15, 0.2) is 30.6 Å². The molecule has 2 N–H and O–H groups in total. The zero-order chi connectivity index (χ0) is 22.2. The van der Waals surface area contributed by atoms with Crippen LogP contribution >= 0.6 is 0 Å². The van der Waals surface area contributed by atoms with Crippen LogP contribution in [0.3, 0.4) is 0 Å². The van der Waals surface area contributed by atoms with Gasteiger partial charge in [0.1, 0.15) is 6.04 Å². The molecule has 33 heavy (non-hydrogen) atoms. The van der Waals surface area contributed by atoms with E-state index in [2.05, 4.69) is 21.0 Å². The molecular formula is C22H23N6O4Re-. The number of nitrogens with zero attached hydrogens (tertiary/aromatic N) is 4. The number of benzene rings is 1. The van der Waals surface area contributed by atoms with Gasteiger partial charge >= 0.3 is 0 Å². The molecule has 4 amide bonds. The van der Waals surface area contributed by atoms with Crippen LogP contribution in [0.1, 0.15) is 58.0 Å². The van der Waals surface area contributed by atoms with E-state index in [4.69, 9.17) is 0 Å². The van der Waals surface area contributed by atoms with Crippen molar-refractivity contribution < 1.29 is 39.6 Å². The summed E-state index contributed by atoms with van der Waals surface area (Å²) in [4.78, 5) is 50.8. The van der Waals surface area contributed by atoms with E-state index >= 15 is 0 Å². The molecule has 1 aromatic carbocycles. The fourth-order valence-corrected chi connectivity index (χ4v) is 4.53. The first-order valence-corrected chi connectivity index (χ1v) is 10.8. The predicted octanol–water partition coefficient (Wildman–Crippen LogP) is 1.60. The Labute approximate surface area is 204 Å². The number of nitrogens with one attached hydrogen (secondary N) is 2. The first kappa shape index (κ1) is 23.3. The maximum absolute atomic E-state index is 13.2. The maximum atomic E-state index is 13.2. The second-order valence-electron chi connectivity index (χ2n) is 8.26. The first-order valence-electron chi connectivity index (χ1n) is 10.8. The molecule has 3 aliphatic rings. The van der Waals surface area contributed by atoms with Gasteiger partial charge in [0.25, 0.3) is 11.8 Å². The van der Waals surface area contributed by atoms with Crippen LogP contribution in [0.5, 0.6) is 0 Å². The van der Waals surface area contributed by atoms with E-state index in [9.17, 15) is 19.2 Å². The third-order valence-corrected chi connectivity index (χ3v) is 6.22. The van der Waals surface area contributed by atoms with Crippen molar-refractivity contribution in [2.45, 2.75) is 44.3 Å². The van der Waals surface area contributed by atoms with Crippen molar-refractivity contribution in [1.82, 2.24) is 20.0 Å². The van der Waals surface area contributed by atoms with Gasteiger partial charge < -0.3 is 10.6 Å². The molecule has 2 aromatic rings. The zero-order valence-electron chi connectivity index (χ0n) is 17.8. The summed E-state index contributed by atoms with van der Waals surface area (Å²) in [6.45, 7) is 2.15. The van der Waals surface area contributed by atoms with Crippen LogP contribution in [0.4, 0.5) is 5.69 Å². The number of hydrogen-bond donors (Lipinski definition) is 2. The van der Waals surface area contributed by atoms with Crippen LogP contribution in [0, 0.1) is 0 Å². The number of carbonyl (C=O) groups is 4. The van der Waals surface area contributed by atoms with E-state index < -0.39 is 29.7 Å². The molecule has 3 aliphatic heterocycles. The molecule has 0 spiro atoms. The second kappa shape index (κ2) is 9.55. The predicted molar refractivity (Wildman–Crippen MR) is 114 cm³/mol. The molecule has 5 rings (SSSR count). The zero-order valence-corrected chi connectivity index (χ0v) is 20.5. The molecule has 1 aromatic heterocycles. The van der Waals surface area contributed by atoms with Crippen LogP contribution in [0.2, 0.25) is 0 Å². The molecule has 0 saturated carbocycles. The Balaban J connectivity index is 0.00000259. The van der Waals surface area contributed by atoms with Gasteiger partial charge in [-0.15, -0.1) is 13.1 Å². The van der Waals surface area contributed by atoms with Crippen molar-refractivity contribution in [2.75, 3.05) is 18.4 Å². The topological polar surface area (TPSA) is 128 Å². The number of aromatic nitrogens is 2. The van der Waals surface area contributed by atoms with E-state index in [1.54, 1.807) is 24.4 Å². The number of carbonyl (C=O) groups excluding carboxylic acids is 4. The van der Waals surface area contributed by atoms with Gasteiger partial charge in [-0.05, 0) is 31.4 Å². The van der Waals surface area contributed by atoms with Gasteiger partial charge in [-0.3, -0.25) is 34.1 Å². The molecule has 2 fully saturated rings. The van der Waals surface area contributed by atoms with Crippen molar-refractivity contribution in [3.8, 4) is 0 Å². The van der Waals surface area contributed by atoms with Gasteiger partial charge in [-0.2, -0.15) is 5.10 Å². The standard InChI is InChI=1S/C22H23N6O4.Re/c29-18-5-4-17(20(30)26-18)28-21(31)15-2-1-3-16(19(15)22(28)32)24-10-13-11-25-27(12-13)14-6-8-23-9-7-14;/h1-3,11-12,14,17,24H,4-10H2,(H,26,29,30);/q-1;. The summed E-state index contributed by atoms with van der Waals surface area (Å²) in [5.41, 5.74) is 2.00. The maximum Gasteiger partial charge on any atom is 0.264 e. The molecule has 1 atom stereocenters.